The van der Waals surface area contributed by atoms with Crippen LogP contribution in [0.5, 0.6) is 0 Å². The van der Waals surface area contributed by atoms with E-state index in [0.717, 1.165) is 11.3 Å². The number of aromatic nitrogens is 2. The number of nitrogen functional groups attached to an aromatic ring is 1. The van der Waals surface area contributed by atoms with Gasteiger partial charge in [0, 0.05) is 5.69 Å². The highest BCUT2D eigenvalue weighted by atomic mass is 19.1. The quantitative estimate of drug-likeness (QED) is 0.667. The molecule has 122 valence electrons. The summed E-state index contributed by atoms with van der Waals surface area (Å²) in [6.07, 6.45) is 1.38. The summed E-state index contributed by atoms with van der Waals surface area (Å²) in [6, 6.07) is 12.4. The zero-order valence-electron chi connectivity index (χ0n) is 13.5. The number of nitrogens with two attached hydrogens (primary N) is 1. The molecular weight excluding hydrogens is 305 g/mol. The Bertz CT molecular complexity index is 879. The van der Waals surface area contributed by atoms with Crippen molar-refractivity contribution in [3.05, 3.63) is 65.7 Å². The molecule has 0 fully saturated rings. The fraction of sp³-hybridized carbons (Fsp3) is 0.111. The number of aryl methyl sites for hydroxylation is 2. The molecule has 6 heteroatoms. The molecule has 0 saturated carbocycles. The number of rotatable bonds is 4. The smallest absolute Gasteiger partial charge is 0.159 e. The lowest BCUT2D eigenvalue weighted by atomic mass is 10.1. The van der Waals surface area contributed by atoms with Crippen LogP contribution in [0.15, 0.2) is 48.8 Å². The van der Waals surface area contributed by atoms with Crippen LogP contribution < -0.4 is 16.4 Å². The van der Waals surface area contributed by atoms with Gasteiger partial charge in [0.15, 0.2) is 11.6 Å². The van der Waals surface area contributed by atoms with Crippen molar-refractivity contribution in [3.63, 3.8) is 0 Å². The Kier molecular flexibility index (Phi) is 4.29. The van der Waals surface area contributed by atoms with Gasteiger partial charge in [0.1, 0.15) is 17.8 Å². The number of hydrogen-bond acceptors (Lipinski definition) is 5. The first-order valence-corrected chi connectivity index (χ1v) is 7.51. The van der Waals surface area contributed by atoms with E-state index in [1.165, 1.54) is 18.0 Å². The maximum atomic E-state index is 13.8. The maximum Gasteiger partial charge on any atom is 0.159 e. The SMILES string of the molecule is Cc1ccc(Nc2ncnc(Nc3ccccc3F)c2N)c(C)c1. The molecule has 1 heterocycles. The number of benzene rings is 2. The van der Waals surface area contributed by atoms with E-state index in [1.54, 1.807) is 18.2 Å². The molecule has 0 unspecified atom stereocenters. The Morgan fingerprint density at radius 3 is 2.25 bits per heavy atom. The van der Waals surface area contributed by atoms with Crippen LogP contribution in [-0.4, -0.2) is 9.97 Å². The van der Waals surface area contributed by atoms with Crippen molar-refractivity contribution < 1.29 is 4.39 Å². The first-order chi connectivity index (χ1) is 11.5. The van der Waals surface area contributed by atoms with Crippen LogP contribution in [0.25, 0.3) is 0 Å². The van der Waals surface area contributed by atoms with Crippen LogP contribution in [0.3, 0.4) is 0 Å². The minimum atomic E-state index is -0.376. The third-order valence-electron chi connectivity index (χ3n) is 3.65. The van der Waals surface area contributed by atoms with Gasteiger partial charge in [-0.2, -0.15) is 0 Å². The van der Waals surface area contributed by atoms with Gasteiger partial charge < -0.3 is 16.4 Å². The number of anilines is 5. The van der Waals surface area contributed by atoms with Gasteiger partial charge in [-0.15, -0.1) is 0 Å². The second-order valence-corrected chi connectivity index (χ2v) is 5.53. The zero-order chi connectivity index (χ0) is 17.1. The summed E-state index contributed by atoms with van der Waals surface area (Å²) in [5.41, 5.74) is 9.92. The molecule has 3 rings (SSSR count). The highest BCUT2D eigenvalue weighted by molar-refractivity contribution is 5.80. The molecule has 0 amide bonds. The molecule has 0 saturated heterocycles. The summed E-state index contributed by atoms with van der Waals surface area (Å²) in [5.74, 6) is 0.442. The van der Waals surface area contributed by atoms with E-state index >= 15 is 0 Å². The van der Waals surface area contributed by atoms with Crippen LogP contribution >= 0.6 is 0 Å². The van der Waals surface area contributed by atoms with Crippen molar-refractivity contribution >= 4 is 28.7 Å². The van der Waals surface area contributed by atoms with Crippen LogP contribution in [-0.2, 0) is 0 Å². The molecule has 0 aliphatic heterocycles. The van der Waals surface area contributed by atoms with E-state index < -0.39 is 0 Å². The third kappa shape index (κ3) is 3.27. The molecule has 0 atom stereocenters. The molecular formula is C18H18FN5. The first-order valence-electron chi connectivity index (χ1n) is 7.51. The molecule has 0 radical (unpaired) electrons. The fourth-order valence-electron chi connectivity index (χ4n) is 2.37. The van der Waals surface area contributed by atoms with Gasteiger partial charge in [-0.05, 0) is 37.6 Å². The van der Waals surface area contributed by atoms with E-state index in [9.17, 15) is 4.39 Å². The van der Waals surface area contributed by atoms with Crippen molar-refractivity contribution in [2.24, 2.45) is 0 Å². The maximum absolute atomic E-state index is 13.8. The van der Waals surface area contributed by atoms with Gasteiger partial charge >= 0.3 is 0 Å². The average Bonchev–Trinajstić information content (AvgIpc) is 2.55. The van der Waals surface area contributed by atoms with Crippen molar-refractivity contribution in [3.8, 4) is 0 Å². The van der Waals surface area contributed by atoms with E-state index in [4.69, 9.17) is 5.73 Å². The first kappa shape index (κ1) is 15.7. The van der Waals surface area contributed by atoms with Crippen molar-refractivity contribution in [1.82, 2.24) is 9.97 Å². The molecule has 5 nitrogen and oxygen atoms in total. The van der Waals surface area contributed by atoms with Gasteiger partial charge in [-0.3, -0.25) is 0 Å². The second-order valence-electron chi connectivity index (χ2n) is 5.53. The summed E-state index contributed by atoms with van der Waals surface area (Å²) in [7, 11) is 0. The highest BCUT2D eigenvalue weighted by Gasteiger charge is 2.11. The van der Waals surface area contributed by atoms with Crippen LogP contribution in [0.2, 0.25) is 0 Å². The molecule has 2 aromatic carbocycles. The fourth-order valence-corrected chi connectivity index (χ4v) is 2.37. The summed E-state index contributed by atoms with van der Waals surface area (Å²) in [4.78, 5) is 8.28. The lowest BCUT2D eigenvalue weighted by Gasteiger charge is -2.14. The topological polar surface area (TPSA) is 75.9 Å². The number of nitrogens with one attached hydrogen (secondary N) is 2. The standard InChI is InChI=1S/C18H18FN5/c1-11-7-8-14(12(2)9-11)23-17-16(20)18(22-10-21-17)24-15-6-4-3-5-13(15)19/h3-10H,20H2,1-2H3,(H2,21,22,23,24). The van der Waals surface area contributed by atoms with Crippen molar-refractivity contribution in [2.75, 3.05) is 16.4 Å². The van der Waals surface area contributed by atoms with E-state index in [1.807, 2.05) is 26.0 Å². The Labute approximate surface area is 139 Å². The predicted molar refractivity (Wildman–Crippen MR) is 95.3 cm³/mol. The van der Waals surface area contributed by atoms with Crippen LogP contribution in [0, 0.1) is 19.7 Å². The Hall–Kier alpha value is -3.15. The number of para-hydroxylation sites is 1. The number of halogens is 1. The number of hydrogen-bond donors (Lipinski definition) is 3. The summed E-state index contributed by atoms with van der Waals surface area (Å²) in [6.45, 7) is 4.04. The molecule has 0 spiro atoms. The Morgan fingerprint density at radius 2 is 1.58 bits per heavy atom. The molecule has 0 aliphatic carbocycles. The summed E-state index contributed by atoms with van der Waals surface area (Å²) >= 11 is 0. The van der Waals surface area contributed by atoms with E-state index in [0.29, 0.717) is 23.0 Å². The average molecular weight is 323 g/mol. The predicted octanol–water partition coefficient (Wildman–Crippen LogP) is 4.30. The molecule has 0 aliphatic rings. The molecule has 3 aromatic rings. The second kappa shape index (κ2) is 6.54. The van der Waals surface area contributed by atoms with Gasteiger partial charge in [0.05, 0.1) is 5.69 Å². The molecule has 0 bridgehead atoms. The Balaban J connectivity index is 1.89. The van der Waals surface area contributed by atoms with Crippen LogP contribution in [0.4, 0.5) is 33.1 Å². The van der Waals surface area contributed by atoms with Crippen molar-refractivity contribution in [2.45, 2.75) is 13.8 Å². The minimum Gasteiger partial charge on any atom is -0.393 e. The minimum absolute atomic E-state index is 0.306. The van der Waals surface area contributed by atoms with E-state index in [-0.39, 0.29) is 5.82 Å². The molecule has 24 heavy (non-hydrogen) atoms. The molecule has 1 aromatic heterocycles. The summed E-state index contributed by atoms with van der Waals surface area (Å²) in [5, 5.41) is 6.10. The normalized spacial score (nSPS) is 10.5. The van der Waals surface area contributed by atoms with Crippen LogP contribution in [0.1, 0.15) is 11.1 Å². The van der Waals surface area contributed by atoms with Gasteiger partial charge in [-0.25, -0.2) is 14.4 Å². The largest absolute Gasteiger partial charge is 0.393 e. The van der Waals surface area contributed by atoms with Crippen molar-refractivity contribution in [1.29, 1.82) is 0 Å². The summed E-state index contributed by atoms with van der Waals surface area (Å²) < 4.78 is 13.8. The van der Waals surface area contributed by atoms with Gasteiger partial charge in [-0.1, -0.05) is 29.8 Å². The zero-order valence-corrected chi connectivity index (χ0v) is 13.5. The lowest BCUT2D eigenvalue weighted by molar-refractivity contribution is 0.632. The molecule has 4 N–H and O–H groups in total. The van der Waals surface area contributed by atoms with Gasteiger partial charge in [0.2, 0.25) is 0 Å². The Morgan fingerprint density at radius 1 is 0.917 bits per heavy atom. The van der Waals surface area contributed by atoms with E-state index in [2.05, 4.69) is 26.7 Å². The number of nitrogens with zero attached hydrogens (tertiary/aromatic N) is 2. The monoisotopic (exact) mass is 323 g/mol. The highest BCUT2D eigenvalue weighted by Crippen LogP contribution is 2.30. The lowest BCUT2D eigenvalue weighted by Crippen LogP contribution is -2.06. The third-order valence-corrected chi connectivity index (χ3v) is 3.65. The van der Waals surface area contributed by atoms with Gasteiger partial charge in [0.25, 0.3) is 0 Å².